The van der Waals surface area contributed by atoms with Gasteiger partial charge >= 0.3 is 12.0 Å². The smallest absolute Gasteiger partial charge is 0.317 e. The lowest BCUT2D eigenvalue weighted by atomic mass is 9.85. The fourth-order valence-corrected chi connectivity index (χ4v) is 4.00. The van der Waals surface area contributed by atoms with E-state index in [1.807, 2.05) is 4.90 Å². The zero-order valence-corrected chi connectivity index (χ0v) is 14.7. The van der Waals surface area contributed by atoms with Crippen molar-refractivity contribution in [3.05, 3.63) is 0 Å². The molecule has 0 aromatic heterocycles. The van der Waals surface area contributed by atoms with E-state index in [2.05, 4.69) is 12.2 Å². The van der Waals surface area contributed by atoms with E-state index in [0.29, 0.717) is 18.5 Å². The van der Waals surface area contributed by atoms with Gasteiger partial charge in [0.15, 0.2) is 0 Å². The summed E-state index contributed by atoms with van der Waals surface area (Å²) in [5, 5.41) is 3.21. The van der Waals surface area contributed by atoms with Gasteiger partial charge in [0, 0.05) is 18.6 Å². The van der Waals surface area contributed by atoms with Gasteiger partial charge in [-0.1, -0.05) is 39.0 Å². The molecular formula is C18H32N2O3. The van der Waals surface area contributed by atoms with Crippen molar-refractivity contribution in [2.75, 3.05) is 13.7 Å². The molecule has 5 nitrogen and oxygen atoms in total. The number of hydrogen-bond acceptors (Lipinski definition) is 3. The lowest BCUT2D eigenvalue weighted by molar-refractivity contribution is -0.140. The number of ether oxygens (including phenoxy) is 1. The van der Waals surface area contributed by atoms with E-state index in [1.165, 1.54) is 39.2 Å². The van der Waals surface area contributed by atoms with Crippen molar-refractivity contribution < 1.29 is 14.3 Å². The summed E-state index contributed by atoms with van der Waals surface area (Å²) in [4.78, 5) is 26.2. The third-order valence-electron chi connectivity index (χ3n) is 5.44. The third kappa shape index (κ3) is 5.40. The summed E-state index contributed by atoms with van der Waals surface area (Å²) in [6.07, 6.45) is 10.7. The molecule has 2 rings (SSSR count). The Morgan fingerprint density at radius 2 is 1.70 bits per heavy atom. The monoisotopic (exact) mass is 324 g/mol. The van der Waals surface area contributed by atoms with Crippen LogP contribution in [0.3, 0.4) is 0 Å². The van der Waals surface area contributed by atoms with Crippen LogP contribution in [0.1, 0.15) is 71.1 Å². The normalized spacial score (nSPS) is 25.7. The largest absolute Gasteiger partial charge is 0.469 e. The molecule has 1 N–H and O–H groups in total. The van der Waals surface area contributed by atoms with Crippen LogP contribution in [0.15, 0.2) is 0 Å². The van der Waals surface area contributed by atoms with Crippen molar-refractivity contribution in [2.45, 2.75) is 83.2 Å². The maximum Gasteiger partial charge on any atom is 0.317 e. The molecule has 2 fully saturated rings. The van der Waals surface area contributed by atoms with Crippen LogP contribution >= 0.6 is 0 Å². The number of amides is 2. The van der Waals surface area contributed by atoms with Crippen molar-refractivity contribution in [3.63, 3.8) is 0 Å². The maximum absolute atomic E-state index is 12.8. The molecule has 2 aliphatic rings. The van der Waals surface area contributed by atoms with Crippen LogP contribution in [-0.4, -0.2) is 42.6 Å². The van der Waals surface area contributed by atoms with E-state index in [1.54, 1.807) is 0 Å². The molecule has 2 saturated carbocycles. The van der Waals surface area contributed by atoms with E-state index in [9.17, 15) is 9.59 Å². The first-order chi connectivity index (χ1) is 11.1. The minimum atomic E-state index is -0.246. The summed E-state index contributed by atoms with van der Waals surface area (Å²) >= 11 is 0. The van der Waals surface area contributed by atoms with Crippen LogP contribution in [0.25, 0.3) is 0 Å². The van der Waals surface area contributed by atoms with Crippen LogP contribution in [0.2, 0.25) is 0 Å². The van der Waals surface area contributed by atoms with Crippen molar-refractivity contribution in [1.82, 2.24) is 10.2 Å². The molecule has 132 valence electrons. The first kappa shape index (κ1) is 18.1. The summed E-state index contributed by atoms with van der Waals surface area (Å²) in [6.45, 7) is 2.68. The highest BCUT2D eigenvalue weighted by atomic mass is 16.5. The number of hydrogen-bond donors (Lipinski definition) is 1. The lowest BCUT2D eigenvalue weighted by Gasteiger charge is -2.39. The first-order valence-corrected chi connectivity index (χ1v) is 9.25. The second-order valence-corrected chi connectivity index (χ2v) is 7.13. The number of methoxy groups -OCH3 is 1. The average molecular weight is 324 g/mol. The Bertz CT molecular complexity index is 394. The number of esters is 1. The fraction of sp³-hybridized carbons (Fsp3) is 0.889. The van der Waals surface area contributed by atoms with Gasteiger partial charge in [-0.15, -0.1) is 0 Å². The first-order valence-electron chi connectivity index (χ1n) is 9.25. The lowest BCUT2D eigenvalue weighted by Crippen LogP contribution is -2.52. The molecule has 2 aliphatic carbocycles. The highest BCUT2D eigenvalue weighted by Crippen LogP contribution is 2.28. The van der Waals surface area contributed by atoms with Crippen LogP contribution < -0.4 is 5.32 Å². The minimum Gasteiger partial charge on any atom is -0.469 e. The van der Waals surface area contributed by atoms with E-state index >= 15 is 0 Å². The summed E-state index contributed by atoms with van der Waals surface area (Å²) in [7, 11) is 1.40. The molecular weight excluding hydrogens is 292 g/mol. The SMILES string of the molecule is COC(=O)CCN(C(=O)NC1CCCCC1)C1CCCCC1C. The van der Waals surface area contributed by atoms with E-state index in [0.717, 1.165) is 25.7 Å². The Morgan fingerprint density at radius 3 is 2.35 bits per heavy atom. The van der Waals surface area contributed by atoms with Gasteiger partial charge in [-0.05, 0) is 31.6 Å². The molecule has 0 spiro atoms. The van der Waals surface area contributed by atoms with Gasteiger partial charge < -0.3 is 15.0 Å². The van der Waals surface area contributed by atoms with Crippen LogP contribution in [0.5, 0.6) is 0 Å². The number of carbonyl (C=O) groups excluding carboxylic acids is 2. The molecule has 0 saturated heterocycles. The Morgan fingerprint density at radius 1 is 1.04 bits per heavy atom. The van der Waals surface area contributed by atoms with Gasteiger partial charge in [0.05, 0.1) is 13.5 Å². The van der Waals surface area contributed by atoms with Crippen LogP contribution in [0, 0.1) is 5.92 Å². The number of urea groups is 1. The second-order valence-electron chi connectivity index (χ2n) is 7.13. The molecule has 0 aromatic rings. The van der Waals surface area contributed by atoms with E-state index in [-0.39, 0.29) is 24.5 Å². The maximum atomic E-state index is 12.8. The van der Waals surface area contributed by atoms with Crippen molar-refractivity contribution in [2.24, 2.45) is 5.92 Å². The molecule has 2 unspecified atom stereocenters. The van der Waals surface area contributed by atoms with Crippen molar-refractivity contribution in [3.8, 4) is 0 Å². The van der Waals surface area contributed by atoms with Gasteiger partial charge in [0.1, 0.15) is 0 Å². The van der Waals surface area contributed by atoms with Crippen LogP contribution in [0.4, 0.5) is 4.79 Å². The predicted molar refractivity (Wildman–Crippen MR) is 90.2 cm³/mol. The van der Waals surface area contributed by atoms with E-state index in [4.69, 9.17) is 4.74 Å². The fourth-order valence-electron chi connectivity index (χ4n) is 4.00. The van der Waals surface area contributed by atoms with Gasteiger partial charge in [-0.25, -0.2) is 4.79 Å². The number of nitrogens with zero attached hydrogens (tertiary/aromatic N) is 1. The predicted octanol–water partition coefficient (Wildman–Crippen LogP) is 3.47. The topological polar surface area (TPSA) is 58.6 Å². The second kappa shape index (κ2) is 9.14. The van der Waals surface area contributed by atoms with Gasteiger partial charge in [-0.2, -0.15) is 0 Å². The van der Waals surface area contributed by atoms with Crippen molar-refractivity contribution in [1.29, 1.82) is 0 Å². The number of rotatable bonds is 5. The average Bonchev–Trinajstić information content (AvgIpc) is 2.57. The zero-order chi connectivity index (χ0) is 16.7. The summed E-state index contributed by atoms with van der Waals surface area (Å²) in [5.74, 6) is 0.252. The van der Waals surface area contributed by atoms with Gasteiger partial charge in [0.25, 0.3) is 0 Å². The van der Waals surface area contributed by atoms with E-state index < -0.39 is 0 Å². The summed E-state index contributed by atoms with van der Waals surface area (Å²) < 4.78 is 4.75. The Balaban J connectivity index is 1.98. The van der Waals surface area contributed by atoms with Gasteiger partial charge in [0.2, 0.25) is 0 Å². The highest BCUT2D eigenvalue weighted by Gasteiger charge is 2.31. The molecule has 2 atom stereocenters. The Hall–Kier alpha value is -1.26. The number of carbonyl (C=O) groups is 2. The third-order valence-corrected chi connectivity index (χ3v) is 5.44. The minimum absolute atomic E-state index is 0.0135. The standard InChI is InChI=1S/C18H32N2O3/c1-14-8-6-7-11-16(14)20(13-12-17(21)23-2)18(22)19-15-9-4-3-5-10-15/h14-16H,3-13H2,1-2H3,(H,19,22). The molecule has 0 aromatic carbocycles. The summed E-state index contributed by atoms with van der Waals surface area (Å²) in [5.41, 5.74) is 0. The highest BCUT2D eigenvalue weighted by molar-refractivity contribution is 5.76. The molecule has 0 radical (unpaired) electrons. The molecule has 23 heavy (non-hydrogen) atoms. The molecule has 0 heterocycles. The number of nitrogens with one attached hydrogen (secondary N) is 1. The summed E-state index contributed by atoms with van der Waals surface area (Å²) in [6, 6.07) is 0.562. The van der Waals surface area contributed by atoms with Crippen molar-refractivity contribution >= 4 is 12.0 Å². The Kier molecular flexibility index (Phi) is 7.18. The Labute approximate surface area is 140 Å². The quantitative estimate of drug-likeness (QED) is 0.788. The zero-order valence-electron chi connectivity index (χ0n) is 14.7. The van der Waals surface area contributed by atoms with Gasteiger partial charge in [-0.3, -0.25) is 4.79 Å². The molecule has 5 heteroatoms. The molecule has 0 bridgehead atoms. The molecule has 2 amide bonds. The van der Waals surface area contributed by atoms with Crippen LogP contribution in [-0.2, 0) is 9.53 Å². The molecule has 0 aliphatic heterocycles.